The number of fused-ring (bicyclic) bond motifs is 2. The number of nitrogens with zero attached hydrogens (tertiary/aromatic N) is 4. The highest BCUT2D eigenvalue weighted by Crippen LogP contribution is 2.25. The molecule has 0 saturated carbocycles. The number of imidazole rings is 1. The van der Waals surface area contributed by atoms with Gasteiger partial charge in [-0.3, -0.25) is 14.3 Å². The number of H-pyrrole nitrogens is 1. The van der Waals surface area contributed by atoms with Crippen molar-refractivity contribution in [3.05, 3.63) is 70.9 Å². The van der Waals surface area contributed by atoms with Crippen molar-refractivity contribution in [1.29, 1.82) is 0 Å². The summed E-state index contributed by atoms with van der Waals surface area (Å²) in [6.07, 6.45) is 3.00. The number of carbonyl (C=O) groups is 1. The minimum Gasteiger partial charge on any atom is -0.337 e. The van der Waals surface area contributed by atoms with Gasteiger partial charge in [-0.2, -0.15) is 0 Å². The Kier molecular flexibility index (Phi) is 3.93. The van der Waals surface area contributed by atoms with E-state index >= 15 is 0 Å². The molecular weight excluding hydrogens is 354 g/mol. The molecule has 0 radical (unpaired) electrons. The predicted octanol–water partition coefficient (Wildman–Crippen LogP) is 2.75. The third-order valence-corrected chi connectivity index (χ3v) is 5.41. The fraction of sp³-hybridized carbons (Fsp3) is 0.238. The van der Waals surface area contributed by atoms with Crippen LogP contribution < -0.4 is 5.69 Å². The van der Waals surface area contributed by atoms with Crippen LogP contribution in [0.25, 0.3) is 22.1 Å². The average Bonchev–Trinajstić information content (AvgIpc) is 3.08. The minimum absolute atomic E-state index is 0.0791. The molecule has 28 heavy (non-hydrogen) atoms. The van der Waals surface area contributed by atoms with E-state index in [4.69, 9.17) is 0 Å². The smallest absolute Gasteiger partial charge is 0.326 e. The Morgan fingerprint density at radius 1 is 1.00 bits per heavy atom. The molecule has 7 heteroatoms. The Balaban J connectivity index is 1.35. The monoisotopic (exact) mass is 373 g/mol. The second kappa shape index (κ2) is 6.60. The van der Waals surface area contributed by atoms with Crippen molar-refractivity contribution in [2.24, 2.45) is 0 Å². The summed E-state index contributed by atoms with van der Waals surface area (Å²) in [5, 5.41) is 0. The SMILES string of the molecule is O=C(c1cnc2ccccc2n1)N1CCC(n2c(=O)[nH]c3ccccc32)CC1. The number of amides is 1. The van der Waals surface area contributed by atoms with E-state index in [1.807, 2.05) is 53.1 Å². The molecule has 0 spiro atoms. The molecule has 0 bridgehead atoms. The zero-order valence-corrected chi connectivity index (χ0v) is 15.2. The van der Waals surface area contributed by atoms with Gasteiger partial charge in [0.15, 0.2) is 0 Å². The molecule has 2 aromatic carbocycles. The molecule has 5 rings (SSSR count). The first kappa shape index (κ1) is 16.7. The molecule has 3 heterocycles. The predicted molar refractivity (Wildman–Crippen MR) is 106 cm³/mol. The Bertz CT molecular complexity index is 1230. The Hall–Kier alpha value is -3.48. The van der Waals surface area contributed by atoms with Gasteiger partial charge in [0.05, 0.1) is 28.3 Å². The van der Waals surface area contributed by atoms with Crippen molar-refractivity contribution in [3.8, 4) is 0 Å². The van der Waals surface area contributed by atoms with E-state index in [9.17, 15) is 9.59 Å². The summed E-state index contributed by atoms with van der Waals surface area (Å²) in [6, 6.07) is 15.3. The number of nitrogens with one attached hydrogen (secondary N) is 1. The number of carbonyl (C=O) groups excluding carboxylic acids is 1. The summed E-state index contributed by atoms with van der Waals surface area (Å²) < 4.78 is 1.83. The maximum Gasteiger partial charge on any atom is 0.326 e. The van der Waals surface area contributed by atoms with Crippen molar-refractivity contribution >= 4 is 28.0 Å². The first-order valence-electron chi connectivity index (χ1n) is 9.41. The number of hydrogen-bond acceptors (Lipinski definition) is 4. The molecule has 140 valence electrons. The normalized spacial score (nSPS) is 15.4. The van der Waals surface area contributed by atoms with E-state index in [2.05, 4.69) is 15.0 Å². The van der Waals surface area contributed by atoms with Gasteiger partial charge < -0.3 is 9.88 Å². The molecule has 1 amide bonds. The highest BCUT2D eigenvalue weighted by Gasteiger charge is 2.27. The molecule has 1 aliphatic rings. The zero-order chi connectivity index (χ0) is 19.1. The second-order valence-corrected chi connectivity index (χ2v) is 7.08. The van der Waals surface area contributed by atoms with Gasteiger partial charge in [0.2, 0.25) is 0 Å². The standard InChI is InChI=1S/C21H19N5O2/c27-20(18-13-22-15-5-1-2-6-16(15)23-18)25-11-9-14(10-12-25)26-19-8-4-3-7-17(19)24-21(26)28/h1-8,13-14H,9-12H2,(H,24,28). The van der Waals surface area contributed by atoms with Crippen molar-refractivity contribution in [1.82, 2.24) is 24.4 Å². The highest BCUT2D eigenvalue weighted by atomic mass is 16.2. The van der Waals surface area contributed by atoms with Crippen LogP contribution in [0.4, 0.5) is 0 Å². The topological polar surface area (TPSA) is 83.9 Å². The molecule has 0 aliphatic carbocycles. The van der Waals surface area contributed by atoms with Crippen molar-refractivity contribution in [2.75, 3.05) is 13.1 Å². The molecule has 1 aliphatic heterocycles. The van der Waals surface area contributed by atoms with Crippen molar-refractivity contribution < 1.29 is 4.79 Å². The van der Waals surface area contributed by atoms with Crippen LogP contribution in [0.1, 0.15) is 29.4 Å². The minimum atomic E-state index is -0.108. The number of benzene rings is 2. The fourth-order valence-electron chi connectivity index (χ4n) is 3.99. The largest absolute Gasteiger partial charge is 0.337 e. The second-order valence-electron chi connectivity index (χ2n) is 7.08. The fourth-order valence-corrected chi connectivity index (χ4v) is 3.99. The van der Waals surface area contributed by atoms with Gasteiger partial charge >= 0.3 is 5.69 Å². The summed E-state index contributed by atoms with van der Waals surface area (Å²) in [6.45, 7) is 1.17. The van der Waals surface area contributed by atoms with Crippen LogP contribution >= 0.6 is 0 Å². The Labute approximate surface area is 160 Å². The van der Waals surface area contributed by atoms with Crippen LogP contribution in [0.2, 0.25) is 0 Å². The molecule has 1 fully saturated rings. The van der Waals surface area contributed by atoms with Crippen molar-refractivity contribution in [3.63, 3.8) is 0 Å². The van der Waals surface area contributed by atoms with E-state index < -0.39 is 0 Å². The number of likely N-dealkylation sites (tertiary alicyclic amines) is 1. The zero-order valence-electron chi connectivity index (χ0n) is 15.2. The lowest BCUT2D eigenvalue weighted by Gasteiger charge is -2.32. The molecule has 4 aromatic rings. The van der Waals surface area contributed by atoms with Crippen LogP contribution in [0.5, 0.6) is 0 Å². The van der Waals surface area contributed by atoms with Crippen LogP contribution in [-0.2, 0) is 0 Å². The third-order valence-electron chi connectivity index (χ3n) is 5.41. The van der Waals surface area contributed by atoms with E-state index in [0.717, 1.165) is 29.4 Å². The van der Waals surface area contributed by atoms with Gasteiger partial charge in [0, 0.05) is 19.1 Å². The summed E-state index contributed by atoms with van der Waals surface area (Å²) in [5.41, 5.74) is 3.52. The molecule has 7 nitrogen and oxygen atoms in total. The van der Waals surface area contributed by atoms with E-state index in [0.29, 0.717) is 24.3 Å². The van der Waals surface area contributed by atoms with Gasteiger partial charge in [-0.15, -0.1) is 0 Å². The number of para-hydroxylation sites is 4. The lowest BCUT2D eigenvalue weighted by molar-refractivity contribution is 0.0689. The number of rotatable bonds is 2. The molecule has 1 saturated heterocycles. The first-order chi connectivity index (χ1) is 13.7. The van der Waals surface area contributed by atoms with E-state index in [1.54, 1.807) is 11.1 Å². The van der Waals surface area contributed by atoms with Gasteiger partial charge in [0.1, 0.15) is 5.69 Å². The number of hydrogen-bond donors (Lipinski definition) is 1. The van der Waals surface area contributed by atoms with Crippen LogP contribution in [0.3, 0.4) is 0 Å². The quantitative estimate of drug-likeness (QED) is 0.586. The third kappa shape index (κ3) is 2.76. The lowest BCUT2D eigenvalue weighted by atomic mass is 10.0. The maximum atomic E-state index is 12.9. The maximum absolute atomic E-state index is 12.9. The molecule has 2 aromatic heterocycles. The highest BCUT2D eigenvalue weighted by molar-refractivity contribution is 5.93. The average molecular weight is 373 g/mol. The summed E-state index contributed by atoms with van der Waals surface area (Å²) in [7, 11) is 0. The van der Waals surface area contributed by atoms with E-state index in [1.165, 1.54) is 0 Å². The number of piperidine rings is 1. The van der Waals surface area contributed by atoms with Gasteiger partial charge in [-0.05, 0) is 37.1 Å². The van der Waals surface area contributed by atoms with Crippen LogP contribution in [0.15, 0.2) is 59.5 Å². The Morgan fingerprint density at radius 3 is 2.54 bits per heavy atom. The molecule has 0 unspecified atom stereocenters. The van der Waals surface area contributed by atoms with Gasteiger partial charge in [-0.25, -0.2) is 9.78 Å². The lowest BCUT2D eigenvalue weighted by Crippen LogP contribution is -2.40. The van der Waals surface area contributed by atoms with Crippen LogP contribution in [0, 0.1) is 0 Å². The summed E-state index contributed by atoms with van der Waals surface area (Å²) in [4.78, 5) is 38.8. The Morgan fingerprint density at radius 2 is 1.71 bits per heavy atom. The summed E-state index contributed by atoms with van der Waals surface area (Å²) >= 11 is 0. The van der Waals surface area contributed by atoms with Gasteiger partial charge in [0.25, 0.3) is 5.91 Å². The van der Waals surface area contributed by atoms with Crippen molar-refractivity contribution in [2.45, 2.75) is 18.9 Å². The number of aromatic amines is 1. The number of aromatic nitrogens is 4. The molecular formula is C21H19N5O2. The first-order valence-corrected chi connectivity index (χ1v) is 9.41. The van der Waals surface area contributed by atoms with E-state index in [-0.39, 0.29) is 17.6 Å². The molecule has 0 atom stereocenters. The van der Waals surface area contributed by atoms with Gasteiger partial charge in [-0.1, -0.05) is 24.3 Å². The molecule has 1 N–H and O–H groups in total. The summed E-state index contributed by atoms with van der Waals surface area (Å²) in [5.74, 6) is -0.108. The van der Waals surface area contributed by atoms with Crippen LogP contribution in [-0.4, -0.2) is 43.4 Å².